The van der Waals surface area contributed by atoms with Crippen molar-refractivity contribution in [3.05, 3.63) is 60.6 Å². The average molecular weight is 462 g/mol. The number of hydrogen-bond donors (Lipinski definition) is 0. The summed E-state index contributed by atoms with van der Waals surface area (Å²) in [5, 5.41) is 5.72. The number of sulfonamides is 1. The second-order valence-corrected chi connectivity index (χ2v) is 9.31. The van der Waals surface area contributed by atoms with Crippen LogP contribution in [0.15, 0.2) is 59.8 Å². The minimum atomic E-state index is -4.64. The summed E-state index contributed by atoms with van der Waals surface area (Å²) < 4.78 is 68.7. The first-order chi connectivity index (χ1) is 15.2. The number of aromatic nitrogens is 4. The van der Waals surface area contributed by atoms with Crippen LogP contribution in [-0.2, 0) is 16.2 Å². The number of nitrogens with zero attached hydrogens (tertiary/aromatic N) is 6. The summed E-state index contributed by atoms with van der Waals surface area (Å²) >= 11 is 0. The molecule has 5 rings (SSSR count). The molecule has 2 aromatic carbocycles. The third kappa shape index (κ3) is 3.54. The highest BCUT2D eigenvalue weighted by molar-refractivity contribution is 7.89. The van der Waals surface area contributed by atoms with Crippen molar-refractivity contribution >= 4 is 32.4 Å². The van der Waals surface area contributed by atoms with Crippen LogP contribution in [0.3, 0.4) is 0 Å². The van der Waals surface area contributed by atoms with E-state index in [1.54, 1.807) is 23.1 Å². The van der Waals surface area contributed by atoms with Crippen LogP contribution in [0.1, 0.15) is 5.69 Å². The van der Waals surface area contributed by atoms with Crippen molar-refractivity contribution < 1.29 is 21.6 Å². The lowest BCUT2D eigenvalue weighted by Gasteiger charge is -2.35. The smallest absolute Gasteiger partial charge is 0.354 e. The summed E-state index contributed by atoms with van der Waals surface area (Å²) in [6.07, 6.45) is -3.50. The Morgan fingerprint density at radius 1 is 0.906 bits per heavy atom. The lowest BCUT2D eigenvalue weighted by molar-refractivity contribution is -0.141. The first kappa shape index (κ1) is 20.6. The molecule has 4 aromatic rings. The number of alkyl halides is 3. The van der Waals surface area contributed by atoms with Crippen LogP contribution in [0.25, 0.3) is 16.6 Å². The highest BCUT2D eigenvalue weighted by Crippen LogP contribution is 2.31. The van der Waals surface area contributed by atoms with Crippen LogP contribution < -0.4 is 4.90 Å². The van der Waals surface area contributed by atoms with E-state index in [0.717, 1.165) is 23.2 Å². The first-order valence-corrected chi connectivity index (χ1v) is 11.2. The molecule has 0 unspecified atom stereocenters. The number of halogens is 3. The number of fused-ring (bicyclic) bond motifs is 2. The molecule has 0 N–H and O–H groups in total. The van der Waals surface area contributed by atoms with E-state index < -0.39 is 21.9 Å². The highest BCUT2D eigenvalue weighted by Gasteiger charge is 2.36. The van der Waals surface area contributed by atoms with Gasteiger partial charge in [-0.3, -0.25) is 0 Å². The van der Waals surface area contributed by atoms with Crippen molar-refractivity contribution in [3.8, 4) is 0 Å². The van der Waals surface area contributed by atoms with Crippen LogP contribution in [0.5, 0.6) is 0 Å². The number of benzene rings is 2. The second kappa shape index (κ2) is 7.41. The number of hydrogen-bond acceptors (Lipinski definition) is 6. The summed E-state index contributed by atoms with van der Waals surface area (Å²) in [5.41, 5.74) is -1.07. The van der Waals surface area contributed by atoms with Gasteiger partial charge < -0.3 is 4.90 Å². The van der Waals surface area contributed by atoms with Gasteiger partial charge in [0.15, 0.2) is 5.69 Å². The molecule has 1 saturated heterocycles. The van der Waals surface area contributed by atoms with Gasteiger partial charge in [-0.1, -0.05) is 30.3 Å². The van der Waals surface area contributed by atoms with Crippen molar-refractivity contribution in [1.82, 2.24) is 23.9 Å². The summed E-state index contributed by atoms with van der Waals surface area (Å²) in [4.78, 5) is 9.13. The van der Waals surface area contributed by atoms with Gasteiger partial charge in [-0.05, 0) is 22.9 Å². The Kier molecular flexibility index (Phi) is 4.78. The van der Waals surface area contributed by atoms with E-state index >= 15 is 0 Å². The minimum Gasteiger partial charge on any atom is -0.354 e. The van der Waals surface area contributed by atoms with Gasteiger partial charge in [0, 0.05) is 32.2 Å². The molecule has 0 atom stereocenters. The lowest BCUT2D eigenvalue weighted by Crippen LogP contribution is -2.49. The normalized spacial score (nSPS) is 16.2. The molecule has 0 aliphatic carbocycles. The zero-order valence-electron chi connectivity index (χ0n) is 16.6. The van der Waals surface area contributed by atoms with Crippen LogP contribution in [0.4, 0.5) is 19.0 Å². The number of rotatable bonds is 3. The van der Waals surface area contributed by atoms with E-state index in [4.69, 9.17) is 0 Å². The molecular formula is C20H17F3N6O2S. The average Bonchev–Trinajstić information content (AvgIpc) is 3.26. The van der Waals surface area contributed by atoms with Crippen molar-refractivity contribution in [2.24, 2.45) is 0 Å². The molecule has 1 fully saturated rings. The Morgan fingerprint density at radius 3 is 2.34 bits per heavy atom. The molecule has 3 heterocycles. The van der Waals surface area contributed by atoms with E-state index in [9.17, 15) is 21.6 Å². The van der Waals surface area contributed by atoms with Gasteiger partial charge in [0.1, 0.15) is 12.1 Å². The van der Waals surface area contributed by atoms with Crippen molar-refractivity contribution in [1.29, 1.82) is 0 Å². The van der Waals surface area contributed by atoms with Gasteiger partial charge >= 0.3 is 6.18 Å². The largest absolute Gasteiger partial charge is 0.433 e. The monoisotopic (exact) mass is 462 g/mol. The van der Waals surface area contributed by atoms with E-state index in [2.05, 4.69) is 15.1 Å². The SMILES string of the molecule is O=S(=O)(c1ccc2ccccc2c1)N1CCN(c2cc(C(F)(F)F)nc3ncnn23)CC1. The highest BCUT2D eigenvalue weighted by atomic mass is 32.2. The van der Waals surface area contributed by atoms with Gasteiger partial charge in [-0.2, -0.15) is 32.1 Å². The third-order valence-electron chi connectivity index (χ3n) is 5.44. The molecule has 166 valence electrons. The summed E-state index contributed by atoms with van der Waals surface area (Å²) in [5.74, 6) is 0.00335. The molecule has 0 amide bonds. The fourth-order valence-corrected chi connectivity index (χ4v) is 5.26. The van der Waals surface area contributed by atoms with Gasteiger partial charge in [-0.15, -0.1) is 0 Å². The maximum atomic E-state index is 13.3. The molecule has 8 nitrogen and oxygen atoms in total. The van der Waals surface area contributed by atoms with Gasteiger partial charge in [0.25, 0.3) is 5.78 Å². The maximum absolute atomic E-state index is 13.3. The summed E-state index contributed by atoms with van der Waals surface area (Å²) in [7, 11) is -3.74. The van der Waals surface area contributed by atoms with E-state index in [0.29, 0.717) is 0 Å². The molecule has 1 aliphatic heterocycles. The lowest BCUT2D eigenvalue weighted by atomic mass is 10.1. The first-order valence-electron chi connectivity index (χ1n) is 9.75. The van der Waals surface area contributed by atoms with Crippen LogP contribution in [0.2, 0.25) is 0 Å². The van der Waals surface area contributed by atoms with Gasteiger partial charge in [0.2, 0.25) is 10.0 Å². The third-order valence-corrected chi connectivity index (χ3v) is 7.34. The second-order valence-electron chi connectivity index (χ2n) is 7.37. The molecule has 2 aromatic heterocycles. The van der Waals surface area contributed by atoms with Crippen LogP contribution in [0, 0.1) is 0 Å². The number of piperazine rings is 1. The number of anilines is 1. The standard InChI is InChI=1S/C20H17F3N6O2S/c21-20(22,23)17-12-18(29-19(26-17)24-13-25-29)27-7-9-28(10-8-27)32(30,31)16-6-5-14-3-1-2-4-15(14)11-16/h1-6,11-13H,7-10H2. The fraction of sp³-hybridized carbons (Fsp3) is 0.250. The summed E-state index contributed by atoms with van der Waals surface area (Å²) in [6.45, 7) is 0.635. The molecule has 0 saturated carbocycles. The van der Waals surface area contributed by atoms with E-state index in [1.807, 2.05) is 24.3 Å². The molecule has 1 aliphatic rings. The zero-order valence-corrected chi connectivity index (χ0v) is 17.4. The topological polar surface area (TPSA) is 83.7 Å². The Balaban J connectivity index is 1.41. The van der Waals surface area contributed by atoms with Crippen molar-refractivity contribution in [2.75, 3.05) is 31.1 Å². The Labute approximate surface area is 181 Å². The minimum absolute atomic E-state index is 0.120. The molecule has 32 heavy (non-hydrogen) atoms. The van der Waals surface area contributed by atoms with Crippen LogP contribution in [-0.4, -0.2) is 58.5 Å². The van der Waals surface area contributed by atoms with Gasteiger partial charge in [-0.25, -0.2) is 13.4 Å². The Morgan fingerprint density at radius 2 is 1.62 bits per heavy atom. The molecule has 0 spiro atoms. The molecule has 12 heteroatoms. The molecule has 0 bridgehead atoms. The molecular weight excluding hydrogens is 445 g/mol. The van der Waals surface area contributed by atoms with E-state index in [-0.39, 0.29) is 42.7 Å². The van der Waals surface area contributed by atoms with Crippen molar-refractivity contribution in [2.45, 2.75) is 11.1 Å². The predicted octanol–water partition coefficient (Wildman–Crippen LogP) is 2.81. The van der Waals surface area contributed by atoms with Crippen LogP contribution >= 0.6 is 0 Å². The summed E-state index contributed by atoms with van der Waals surface area (Å²) in [6, 6.07) is 13.3. The predicted molar refractivity (Wildman–Crippen MR) is 111 cm³/mol. The molecule has 0 radical (unpaired) electrons. The zero-order chi connectivity index (χ0) is 22.5. The quantitative estimate of drug-likeness (QED) is 0.466. The Bertz CT molecular complexity index is 1410. The maximum Gasteiger partial charge on any atom is 0.433 e. The fourth-order valence-electron chi connectivity index (χ4n) is 3.80. The Hall–Kier alpha value is -3.25. The van der Waals surface area contributed by atoms with Crippen molar-refractivity contribution in [3.63, 3.8) is 0 Å². The van der Waals surface area contributed by atoms with E-state index in [1.165, 1.54) is 8.82 Å². The van der Waals surface area contributed by atoms with Gasteiger partial charge in [0.05, 0.1) is 4.90 Å².